The standard InChI is InChI=1S/C12H20N2OS/c1-3-5-7-15-9-11-10-16-12(14-11)8-13-6-4-2/h3,5,10,13H,4,6-9H2,1-2H3. The summed E-state index contributed by atoms with van der Waals surface area (Å²) in [5.74, 6) is 0. The van der Waals surface area contributed by atoms with Gasteiger partial charge in [0, 0.05) is 11.9 Å². The highest BCUT2D eigenvalue weighted by Gasteiger charge is 2.00. The number of aromatic nitrogens is 1. The van der Waals surface area contributed by atoms with E-state index in [1.165, 1.54) is 0 Å². The fraction of sp³-hybridized carbons (Fsp3) is 0.583. The minimum absolute atomic E-state index is 0.606. The second-order valence-corrected chi connectivity index (χ2v) is 4.44. The quantitative estimate of drug-likeness (QED) is 0.560. The molecule has 0 bridgehead atoms. The van der Waals surface area contributed by atoms with Crippen LogP contribution in [0.3, 0.4) is 0 Å². The third kappa shape index (κ3) is 5.39. The van der Waals surface area contributed by atoms with E-state index in [0.29, 0.717) is 13.2 Å². The van der Waals surface area contributed by atoms with Gasteiger partial charge in [0.05, 0.1) is 18.9 Å². The van der Waals surface area contributed by atoms with Crippen LogP contribution in [0.15, 0.2) is 17.5 Å². The number of ether oxygens (including phenoxy) is 1. The summed E-state index contributed by atoms with van der Waals surface area (Å²) in [4.78, 5) is 4.49. The highest BCUT2D eigenvalue weighted by Crippen LogP contribution is 2.10. The Labute approximate surface area is 102 Å². The molecule has 0 amide bonds. The van der Waals surface area contributed by atoms with Gasteiger partial charge < -0.3 is 10.1 Å². The highest BCUT2D eigenvalue weighted by molar-refractivity contribution is 7.09. The van der Waals surface area contributed by atoms with Crippen LogP contribution >= 0.6 is 11.3 Å². The topological polar surface area (TPSA) is 34.1 Å². The lowest BCUT2D eigenvalue weighted by atomic mass is 10.5. The summed E-state index contributed by atoms with van der Waals surface area (Å²) in [7, 11) is 0. The molecule has 16 heavy (non-hydrogen) atoms. The first-order valence-electron chi connectivity index (χ1n) is 5.69. The van der Waals surface area contributed by atoms with Gasteiger partial charge in [-0.25, -0.2) is 4.98 Å². The van der Waals surface area contributed by atoms with Crippen LogP contribution in [0.1, 0.15) is 31.0 Å². The predicted molar refractivity (Wildman–Crippen MR) is 68.6 cm³/mol. The Morgan fingerprint density at radius 3 is 3.19 bits per heavy atom. The molecular weight excluding hydrogens is 220 g/mol. The van der Waals surface area contributed by atoms with E-state index in [2.05, 4.69) is 22.6 Å². The number of rotatable bonds is 8. The molecule has 0 aromatic carbocycles. The summed E-state index contributed by atoms with van der Waals surface area (Å²) in [5, 5.41) is 6.54. The molecule has 1 heterocycles. The normalized spacial score (nSPS) is 11.4. The number of nitrogens with one attached hydrogen (secondary N) is 1. The van der Waals surface area contributed by atoms with Crippen molar-refractivity contribution in [3.63, 3.8) is 0 Å². The summed E-state index contributed by atoms with van der Waals surface area (Å²) in [6.07, 6.45) is 5.14. The van der Waals surface area contributed by atoms with Crippen molar-refractivity contribution in [3.8, 4) is 0 Å². The summed E-state index contributed by atoms with van der Waals surface area (Å²) in [6.45, 7) is 7.34. The number of allylic oxidation sites excluding steroid dienone is 1. The van der Waals surface area contributed by atoms with Crippen molar-refractivity contribution in [1.82, 2.24) is 10.3 Å². The molecule has 1 aromatic heterocycles. The maximum absolute atomic E-state index is 5.44. The van der Waals surface area contributed by atoms with Crippen molar-refractivity contribution in [1.29, 1.82) is 0 Å². The van der Waals surface area contributed by atoms with E-state index in [0.717, 1.165) is 30.2 Å². The molecule has 1 aromatic rings. The van der Waals surface area contributed by atoms with E-state index in [-0.39, 0.29) is 0 Å². The van der Waals surface area contributed by atoms with E-state index in [1.54, 1.807) is 11.3 Å². The molecule has 90 valence electrons. The fourth-order valence-electron chi connectivity index (χ4n) is 1.20. The van der Waals surface area contributed by atoms with Crippen LogP contribution < -0.4 is 5.32 Å². The summed E-state index contributed by atoms with van der Waals surface area (Å²) in [5.41, 5.74) is 1.03. The molecule has 0 radical (unpaired) electrons. The van der Waals surface area contributed by atoms with Gasteiger partial charge in [-0.1, -0.05) is 19.1 Å². The zero-order valence-electron chi connectivity index (χ0n) is 10.0. The van der Waals surface area contributed by atoms with Crippen LogP contribution in [-0.2, 0) is 17.9 Å². The average molecular weight is 240 g/mol. The minimum atomic E-state index is 0.606. The Morgan fingerprint density at radius 2 is 2.44 bits per heavy atom. The van der Waals surface area contributed by atoms with Crippen molar-refractivity contribution < 1.29 is 4.74 Å². The Kier molecular flexibility index (Phi) is 7.05. The van der Waals surface area contributed by atoms with Gasteiger partial charge in [-0.2, -0.15) is 0 Å². The summed E-state index contributed by atoms with van der Waals surface area (Å²) >= 11 is 1.69. The zero-order valence-corrected chi connectivity index (χ0v) is 10.8. The first-order valence-corrected chi connectivity index (χ1v) is 6.57. The van der Waals surface area contributed by atoms with Gasteiger partial charge in [-0.05, 0) is 19.9 Å². The Bertz CT molecular complexity index is 310. The first kappa shape index (κ1) is 13.4. The zero-order chi connectivity index (χ0) is 11.6. The maximum Gasteiger partial charge on any atom is 0.107 e. The molecule has 4 heteroatoms. The summed E-state index contributed by atoms with van der Waals surface area (Å²) < 4.78 is 5.44. The largest absolute Gasteiger partial charge is 0.371 e. The van der Waals surface area contributed by atoms with E-state index >= 15 is 0 Å². The second kappa shape index (κ2) is 8.44. The molecule has 0 atom stereocenters. The van der Waals surface area contributed by atoms with Gasteiger partial charge in [0.1, 0.15) is 5.01 Å². The highest BCUT2D eigenvalue weighted by atomic mass is 32.1. The molecule has 0 aliphatic rings. The van der Waals surface area contributed by atoms with E-state index in [9.17, 15) is 0 Å². The molecule has 1 rings (SSSR count). The number of hydrogen-bond donors (Lipinski definition) is 1. The predicted octanol–water partition coefficient (Wildman–Crippen LogP) is 2.74. The molecule has 1 N–H and O–H groups in total. The fourth-order valence-corrected chi connectivity index (χ4v) is 1.94. The molecule has 0 aliphatic carbocycles. The van der Waals surface area contributed by atoms with E-state index < -0.39 is 0 Å². The van der Waals surface area contributed by atoms with Gasteiger partial charge in [0.25, 0.3) is 0 Å². The number of thiazole rings is 1. The Morgan fingerprint density at radius 1 is 1.56 bits per heavy atom. The van der Waals surface area contributed by atoms with Crippen LogP contribution in [0.25, 0.3) is 0 Å². The van der Waals surface area contributed by atoms with Gasteiger partial charge >= 0.3 is 0 Å². The molecular formula is C12H20N2OS. The minimum Gasteiger partial charge on any atom is -0.371 e. The van der Waals surface area contributed by atoms with Crippen LogP contribution in [0, 0.1) is 0 Å². The van der Waals surface area contributed by atoms with Crippen LogP contribution in [0.2, 0.25) is 0 Å². The summed E-state index contributed by atoms with van der Waals surface area (Å²) in [6, 6.07) is 0. The van der Waals surface area contributed by atoms with Crippen LogP contribution in [-0.4, -0.2) is 18.1 Å². The maximum atomic E-state index is 5.44. The molecule has 0 aliphatic heterocycles. The van der Waals surface area contributed by atoms with Crippen LogP contribution in [0.5, 0.6) is 0 Å². The first-order chi connectivity index (χ1) is 7.86. The van der Waals surface area contributed by atoms with Crippen molar-refractivity contribution >= 4 is 11.3 Å². The third-order valence-electron chi connectivity index (χ3n) is 2.00. The van der Waals surface area contributed by atoms with Crippen molar-refractivity contribution in [2.45, 2.75) is 33.4 Å². The molecule has 0 fully saturated rings. The lowest BCUT2D eigenvalue weighted by Gasteiger charge is -1.98. The molecule has 0 saturated carbocycles. The SMILES string of the molecule is CC=CCOCc1csc(CNCCC)n1. The lowest BCUT2D eigenvalue weighted by Crippen LogP contribution is -2.13. The average Bonchev–Trinajstić information content (AvgIpc) is 2.73. The monoisotopic (exact) mass is 240 g/mol. The van der Waals surface area contributed by atoms with E-state index in [1.807, 2.05) is 19.1 Å². The number of nitrogens with zero attached hydrogens (tertiary/aromatic N) is 1. The molecule has 0 spiro atoms. The smallest absolute Gasteiger partial charge is 0.107 e. The Hall–Kier alpha value is -0.710. The lowest BCUT2D eigenvalue weighted by molar-refractivity contribution is 0.146. The molecule has 3 nitrogen and oxygen atoms in total. The van der Waals surface area contributed by atoms with Crippen LogP contribution in [0.4, 0.5) is 0 Å². The number of hydrogen-bond acceptors (Lipinski definition) is 4. The van der Waals surface area contributed by atoms with E-state index in [4.69, 9.17) is 4.74 Å². The second-order valence-electron chi connectivity index (χ2n) is 3.49. The Balaban J connectivity index is 2.22. The van der Waals surface area contributed by atoms with Gasteiger partial charge in [-0.15, -0.1) is 11.3 Å². The van der Waals surface area contributed by atoms with Crippen molar-refractivity contribution in [3.05, 3.63) is 28.2 Å². The van der Waals surface area contributed by atoms with Gasteiger partial charge in [0.15, 0.2) is 0 Å². The van der Waals surface area contributed by atoms with Gasteiger partial charge in [0.2, 0.25) is 0 Å². The van der Waals surface area contributed by atoms with Gasteiger partial charge in [-0.3, -0.25) is 0 Å². The van der Waals surface area contributed by atoms with Crippen molar-refractivity contribution in [2.24, 2.45) is 0 Å². The molecule has 0 saturated heterocycles. The van der Waals surface area contributed by atoms with Crippen molar-refractivity contribution in [2.75, 3.05) is 13.2 Å². The third-order valence-corrected chi connectivity index (χ3v) is 2.90. The molecule has 0 unspecified atom stereocenters.